The number of aromatic nitrogens is 2. The fourth-order valence-electron chi connectivity index (χ4n) is 2.71. The van der Waals surface area contributed by atoms with Gasteiger partial charge >= 0.3 is 0 Å². The van der Waals surface area contributed by atoms with Crippen molar-refractivity contribution in [3.05, 3.63) is 78.1 Å². The van der Waals surface area contributed by atoms with Gasteiger partial charge in [-0.1, -0.05) is 54.5 Å². The van der Waals surface area contributed by atoms with Gasteiger partial charge < -0.3 is 4.57 Å². The van der Waals surface area contributed by atoms with E-state index >= 15 is 0 Å². The maximum absolute atomic E-state index is 4.60. The van der Waals surface area contributed by atoms with E-state index in [9.17, 15) is 0 Å². The SMILES string of the molecule is Cn1c(C#Cc2cccc3ccccc23)nc2ccccc21. The zero-order chi connectivity index (χ0) is 14.9. The van der Waals surface area contributed by atoms with Crippen LogP contribution in [-0.4, -0.2) is 9.55 Å². The molecule has 0 saturated carbocycles. The van der Waals surface area contributed by atoms with Crippen molar-refractivity contribution < 1.29 is 0 Å². The third-order valence-corrected chi connectivity index (χ3v) is 3.89. The van der Waals surface area contributed by atoms with Crippen molar-refractivity contribution in [3.63, 3.8) is 0 Å². The lowest BCUT2D eigenvalue weighted by molar-refractivity contribution is 0.925. The van der Waals surface area contributed by atoms with E-state index in [1.165, 1.54) is 10.8 Å². The summed E-state index contributed by atoms with van der Waals surface area (Å²) in [6.07, 6.45) is 0. The predicted octanol–water partition coefficient (Wildman–Crippen LogP) is 4.13. The summed E-state index contributed by atoms with van der Waals surface area (Å²) in [6, 6.07) is 22.6. The summed E-state index contributed by atoms with van der Waals surface area (Å²) in [5, 5.41) is 2.38. The summed E-state index contributed by atoms with van der Waals surface area (Å²) in [4.78, 5) is 4.60. The van der Waals surface area contributed by atoms with Gasteiger partial charge in [-0.3, -0.25) is 0 Å². The molecule has 0 atom stereocenters. The minimum absolute atomic E-state index is 0.786. The molecule has 1 aromatic heterocycles. The van der Waals surface area contributed by atoms with Gasteiger partial charge in [-0.2, -0.15) is 0 Å². The number of fused-ring (bicyclic) bond motifs is 2. The van der Waals surface area contributed by atoms with Gasteiger partial charge in [0.15, 0.2) is 5.82 Å². The van der Waals surface area contributed by atoms with E-state index in [0.717, 1.165) is 22.4 Å². The number of para-hydroxylation sites is 2. The van der Waals surface area contributed by atoms with Crippen LogP contribution in [0.3, 0.4) is 0 Å². The van der Waals surface area contributed by atoms with Crippen LogP contribution in [0.4, 0.5) is 0 Å². The predicted molar refractivity (Wildman–Crippen MR) is 90.6 cm³/mol. The monoisotopic (exact) mass is 282 g/mol. The molecule has 22 heavy (non-hydrogen) atoms. The van der Waals surface area contributed by atoms with Crippen molar-refractivity contribution in [2.24, 2.45) is 7.05 Å². The fourth-order valence-corrected chi connectivity index (χ4v) is 2.71. The Bertz CT molecular complexity index is 1040. The molecule has 0 bridgehead atoms. The summed E-state index contributed by atoms with van der Waals surface area (Å²) >= 11 is 0. The van der Waals surface area contributed by atoms with Crippen LogP contribution < -0.4 is 0 Å². The Morgan fingerprint density at radius 2 is 1.59 bits per heavy atom. The summed E-state index contributed by atoms with van der Waals surface area (Å²) in [5.74, 6) is 7.27. The van der Waals surface area contributed by atoms with Gasteiger partial charge in [0, 0.05) is 12.6 Å². The smallest absolute Gasteiger partial charge is 0.186 e. The van der Waals surface area contributed by atoms with Crippen LogP contribution in [0.1, 0.15) is 11.4 Å². The molecule has 0 N–H and O–H groups in total. The molecule has 0 aliphatic heterocycles. The molecular formula is C20H14N2. The summed E-state index contributed by atoms with van der Waals surface area (Å²) < 4.78 is 2.04. The number of imidazole rings is 1. The molecule has 0 spiro atoms. The molecule has 0 amide bonds. The van der Waals surface area contributed by atoms with Crippen molar-refractivity contribution >= 4 is 21.8 Å². The lowest BCUT2D eigenvalue weighted by atomic mass is 10.1. The molecule has 0 aliphatic carbocycles. The first kappa shape index (κ1) is 12.7. The Morgan fingerprint density at radius 1 is 0.818 bits per heavy atom. The Balaban J connectivity index is 1.86. The van der Waals surface area contributed by atoms with Crippen LogP contribution in [0.2, 0.25) is 0 Å². The van der Waals surface area contributed by atoms with Crippen LogP contribution in [0.5, 0.6) is 0 Å². The zero-order valence-electron chi connectivity index (χ0n) is 12.2. The highest BCUT2D eigenvalue weighted by atomic mass is 15.0. The molecule has 0 unspecified atom stereocenters. The normalized spacial score (nSPS) is 10.6. The molecule has 2 heteroatoms. The fraction of sp³-hybridized carbons (Fsp3) is 0.0500. The van der Waals surface area contributed by atoms with Crippen LogP contribution in [0.25, 0.3) is 21.8 Å². The minimum Gasteiger partial charge on any atom is -0.320 e. The Labute approximate surface area is 129 Å². The summed E-state index contributed by atoms with van der Waals surface area (Å²) in [7, 11) is 2.00. The molecule has 0 aliphatic rings. The summed E-state index contributed by atoms with van der Waals surface area (Å²) in [6.45, 7) is 0. The Kier molecular flexibility index (Phi) is 2.91. The van der Waals surface area contributed by atoms with Gasteiger partial charge in [0.05, 0.1) is 11.0 Å². The number of aryl methyl sites for hydroxylation is 1. The maximum atomic E-state index is 4.60. The molecule has 0 radical (unpaired) electrons. The molecule has 2 nitrogen and oxygen atoms in total. The molecule has 4 rings (SSSR count). The standard InChI is InChI=1S/C20H14N2/c1-22-19-12-5-4-11-18(19)21-20(22)14-13-16-9-6-8-15-7-2-3-10-17(15)16/h2-12H,1H3. The number of hydrogen-bond donors (Lipinski definition) is 0. The number of nitrogens with zero attached hydrogens (tertiary/aromatic N) is 2. The van der Waals surface area contributed by atoms with Gasteiger partial charge in [-0.25, -0.2) is 4.98 Å². The van der Waals surface area contributed by atoms with Crippen molar-refractivity contribution in [2.75, 3.05) is 0 Å². The first-order valence-electron chi connectivity index (χ1n) is 7.24. The van der Waals surface area contributed by atoms with Crippen molar-refractivity contribution in [1.29, 1.82) is 0 Å². The van der Waals surface area contributed by atoms with Crippen LogP contribution in [0, 0.1) is 11.8 Å². The van der Waals surface area contributed by atoms with E-state index in [1.807, 2.05) is 48.0 Å². The topological polar surface area (TPSA) is 17.8 Å². The first-order valence-corrected chi connectivity index (χ1v) is 7.24. The lowest BCUT2D eigenvalue weighted by Gasteiger charge is -1.99. The van der Waals surface area contributed by atoms with E-state index < -0.39 is 0 Å². The molecule has 104 valence electrons. The van der Waals surface area contributed by atoms with Gasteiger partial charge in [-0.15, -0.1) is 0 Å². The number of rotatable bonds is 0. The van der Waals surface area contributed by atoms with Crippen molar-refractivity contribution in [3.8, 4) is 11.8 Å². The minimum atomic E-state index is 0.786. The van der Waals surface area contributed by atoms with Gasteiger partial charge in [0.2, 0.25) is 0 Å². The molecule has 3 aromatic carbocycles. The highest BCUT2D eigenvalue weighted by molar-refractivity contribution is 5.88. The number of hydrogen-bond acceptors (Lipinski definition) is 1. The molecule has 0 fully saturated rings. The van der Waals surface area contributed by atoms with Crippen molar-refractivity contribution in [2.45, 2.75) is 0 Å². The molecule has 4 aromatic rings. The summed E-state index contributed by atoms with van der Waals surface area (Å²) in [5.41, 5.74) is 3.11. The van der Waals surface area contributed by atoms with E-state index in [-0.39, 0.29) is 0 Å². The third-order valence-electron chi connectivity index (χ3n) is 3.89. The van der Waals surface area contributed by atoms with Crippen LogP contribution in [-0.2, 0) is 7.05 Å². The van der Waals surface area contributed by atoms with Gasteiger partial charge in [0.1, 0.15) is 0 Å². The second-order valence-electron chi connectivity index (χ2n) is 5.26. The highest BCUT2D eigenvalue weighted by Crippen LogP contribution is 2.18. The quantitative estimate of drug-likeness (QED) is 0.443. The second kappa shape index (κ2) is 5.05. The molecular weight excluding hydrogens is 268 g/mol. The largest absolute Gasteiger partial charge is 0.320 e. The van der Waals surface area contributed by atoms with E-state index in [0.29, 0.717) is 0 Å². The Morgan fingerprint density at radius 3 is 2.50 bits per heavy atom. The van der Waals surface area contributed by atoms with Crippen LogP contribution in [0.15, 0.2) is 66.7 Å². The Hall–Kier alpha value is -3.05. The second-order valence-corrected chi connectivity index (χ2v) is 5.26. The van der Waals surface area contributed by atoms with Gasteiger partial charge in [-0.05, 0) is 34.9 Å². The van der Waals surface area contributed by atoms with E-state index in [1.54, 1.807) is 0 Å². The zero-order valence-corrected chi connectivity index (χ0v) is 12.2. The highest BCUT2D eigenvalue weighted by Gasteiger charge is 2.04. The van der Waals surface area contributed by atoms with E-state index in [4.69, 9.17) is 0 Å². The first-order chi connectivity index (χ1) is 10.8. The number of benzene rings is 3. The van der Waals surface area contributed by atoms with E-state index in [2.05, 4.69) is 47.2 Å². The van der Waals surface area contributed by atoms with Gasteiger partial charge in [0.25, 0.3) is 0 Å². The third kappa shape index (κ3) is 2.04. The van der Waals surface area contributed by atoms with Crippen molar-refractivity contribution in [1.82, 2.24) is 9.55 Å². The average molecular weight is 282 g/mol. The molecule has 0 saturated heterocycles. The average Bonchev–Trinajstić information content (AvgIpc) is 2.89. The molecule has 1 heterocycles. The maximum Gasteiger partial charge on any atom is 0.186 e. The lowest BCUT2D eigenvalue weighted by Crippen LogP contribution is -1.92. The van der Waals surface area contributed by atoms with Crippen LogP contribution >= 0.6 is 0 Å².